The largest absolute Gasteiger partial charge is 0.482 e. The molecule has 0 aromatic heterocycles. The van der Waals surface area contributed by atoms with Crippen molar-refractivity contribution in [1.29, 1.82) is 0 Å². The topological polar surface area (TPSA) is 50.7 Å². The number of anilines is 1. The second kappa shape index (κ2) is 9.85. The lowest BCUT2D eigenvalue weighted by molar-refractivity contribution is -0.118. The predicted molar refractivity (Wildman–Crippen MR) is 126 cm³/mol. The highest BCUT2D eigenvalue weighted by atomic mass is 79.9. The van der Waals surface area contributed by atoms with E-state index in [1.54, 1.807) is 6.21 Å². The van der Waals surface area contributed by atoms with Crippen LogP contribution in [0.5, 0.6) is 5.75 Å². The van der Waals surface area contributed by atoms with Gasteiger partial charge in [-0.1, -0.05) is 46.3 Å². The summed E-state index contributed by atoms with van der Waals surface area (Å²) < 4.78 is 7.45. The van der Waals surface area contributed by atoms with E-state index >= 15 is 0 Å². The quantitative estimate of drug-likeness (QED) is 0.376. The predicted octanol–water partition coefficient (Wildman–Crippen LogP) is 6.60. The molecule has 4 nitrogen and oxygen atoms in total. The molecule has 0 aliphatic carbocycles. The van der Waals surface area contributed by atoms with Crippen LogP contribution in [0, 0.1) is 13.8 Å². The number of benzene rings is 3. The number of aliphatic imine (C=N–C) groups is 1. The van der Waals surface area contributed by atoms with Crippen molar-refractivity contribution in [2.45, 2.75) is 13.8 Å². The van der Waals surface area contributed by atoms with Gasteiger partial charge in [0.25, 0.3) is 5.91 Å². The molecule has 0 fully saturated rings. The van der Waals surface area contributed by atoms with Gasteiger partial charge in [-0.25, -0.2) is 0 Å². The number of hydrogen-bond donors (Lipinski definition) is 1. The highest BCUT2D eigenvalue weighted by molar-refractivity contribution is 9.11. The van der Waals surface area contributed by atoms with Gasteiger partial charge in [-0.2, -0.15) is 0 Å². The molecule has 0 radical (unpaired) electrons. The second-order valence-electron chi connectivity index (χ2n) is 6.56. The molecule has 0 saturated carbocycles. The fraction of sp³-hybridized carbons (Fsp3) is 0.130. The van der Waals surface area contributed by atoms with Gasteiger partial charge >= 0.3 is 0 Å². The lowest BCUT2D eigenvalue weighted by atomic mass is 10.1. The Morgan fingerprint density at radius 3 is 2.59 bits per heavy atom. The van der Waals surface area contributed by atoms with Gasteiger partial charge in [-0.3, -0.25) is 9.79 Å². The number of nitrogens with one attached hydrogen (secondary N) is 1. The summed E-state index contributed by atoms with van der Waals surface area (Å²) in [5, 5.41) is 2.81. The lowest BCUT2D eigenvalue weighted by Gasteiger charge is -2.12. The van der Waals surface area contributed by atoms with Gasteiger partial charge in [0.1, 0.15) is 5.75 Å². The SMILES string of the molecule is Cc1ccc(C)c(N=Cc2cc(Br)cc(Br)c2OCC(=O)Nc2ccccc2)c1. The molecule has 1 N–H and O–H groups in total. The minimum Gasteiger partial charge on any atom is -0.482 e. The van der Waals surface area contributed by atoms with Crippen LogP contribution in [-0.2, 0) is 4.79 Å². The minimum atomic E-state index is -0.233. The third-order valence-corrected chi connectivity index (χ3v) is 5.20. The molecule has 0 saturated heterocycles. The lowest BCUT2D eigenvalue weighted by Crippen LogP contribution is -2.20. The van der Waals surface area contributed by atoms with E-state index in [0.717, 1.165) is 37.0 Å². The Morgan fingerprint density at radius 2 is 1.83 bits per heavy atom. The zero-order valence-corrected chi connectivity index (χ0v) is 19.2. The molecule has 3 rings (SSSR count). The number of aryl methyl sites for hydroxylation is 2. The molecular formula is C23H20Br2N2O2. The van der Waals surface area contributed by atoms with Crippen LogP contribution in [0.2, 0.25) is 0 Å². The molecule has 29 heavy (non-hydrogen) atoms. The average Bonchev–Trinajstić information content (AvgIpc) is 2.68. The number of nitrogens with zero attached hydrogens (tertiary/aromatic N) is 1. The van der Waals surface area contributed by atoms with Gasteiger partial charge in [0.05, 0.1) is 10.2 Å². The van der Waals surface area contributed by atoms with Crippen LogP contribution in [0.4, 0.5) is 11.4 Å². The number of carbonyl (C=O) groups is 1. The van der Waals surface area contributed by atoms with E-state index in [9.17, 15) is 4.79 Å². The molecule has 0 aliphatic heterocycles. The van der Waals surface area contributed by atoms with E-state index in [0.29, 0.717) is 5.75 Å². The first kappa shape index (κ1) is 21.3. The Kier molecular flexibility index (Phi) is 7.23. The molecule has 6 heteroatoms. The molecule has 0 bridgehead atoms. The van der Waals surface area contributed by atoms with Crippen molar-refractivity contribution < 1.29 is 9.53 Å². The van der Waals surface area contributed by atoms with E-state index in [2.05, 4.69) is 48.2 Å². The fourth-order valence-corrected chi connectivity index (χ4v) is 4.06. The van der Waals surface area contributed by atoms with Crippen molar-refractivity contribution in [3.8, 4) is 5.75 Å². The van der Waals surface area contributed by atoms with Crippen molar-refractivity contribution in [3.05, 3.63) is 86.3 Å². The van der Waals surface area contributed by atoms with Gasteiger partial charge in [0.15, 0.2) is 6.61 Å². The standard InChI is InChI=1S/C23H20Br2N2O2/c1-15-8-9-16(2)21(10-15)26-13-17-11-18(24)12-20(25)23(17)29-14-22(28)27-19-6-4-3-5-7-19/h3-13H,14H2,1-2H3,(H,27,28). The normalized spacial score (nSPS) is 10.9. The Balaban J connectivity index is 1.79. The Morgan fingerprint density at radius 1 is 1.07 bits per heavy atom. The first-order valence-electron chi connectivity index (χ1n) is 9.00. The van der Waals surface area contributed by atoms with Crippen LogP contribution in [-0.4, -0.2) is 18.7 Å². The summed E-state index contributed by atoms with van der Waals surface area (Å²) in [6.07, 6.45) is 1.75. The number of ether oxygens (including phenoxy) is 1. The number of carbonyl (C=O) groups excluding carboxylic acids is 1. The third kappa shape index (κ3) is 6.02. The second-order valence-corrected chi connectivity index (χ2v) is 8.33. The molecule has 148 valence electrons. The highest BCUT2D eigenvalue weighted by Gasteiger charge is 2.12. The van der Waals surface area contributed by atoms with Crippen molar-refractivity contribution >= 4 is 55.4 Å². The van der Waals surface area contributed by atoms with Crippen LogP contribution in [0.25, 0.3) is 0 Å². The molecule has 3 aromatic carbocycles. The average molecular weight is 516 g/mol. The van der Waals surface area contributed by atoms with Gasteiger partial charge < -0.3 is 10.1 Å². The summed E-state index contributed by atoms with van der Waals surface area (Å²) in [4.78, 5) is 16.9. The van der Waals surface area contributed by atoms with Crippen molar-refractivity contribution in [2.75, 3.05) is 11.9 Å². The minimum absolute atomic E-state index is 0.112. The van der Waals surface area contributed by atoms with E-state index in [4.69, 9.17) is 4.74 Å². The molecule has 0 heterocycles. The summed E-state index contributed by atoms with van der Waals surface area (Å²) in [5.74, 6) is 0.328. The number of hydrogen-bond acceptors (Lipinski definition) is 3. The Bertz CT molecular complexity index is 1050. The molecule has 0 spiro atoms. The van der Waals surface area contributed by atoms with Crippen LogP contribution in [0.1, 0.15) is 16.7 Å². The highest BCUT2D eigenvalue weighted by Crippen LogP contribution is 2.32. The van der Waals surface area contributed by atoms with E-state index < -0.39 is 0 Å². The molecule has 0 atom stereocenters. The first-order valence-corrected chi connectivity index (χ1v) is 10.6. The van der Waals surface area contributed by atoms with Gasteiger partial charge in [0, 0.05) is 21.9 Å². The van der Waals surface area contributed by atoms with Crippen LogP contribution in [0.15, 0.2) is 74.6 Å². The maximum Gasteiger partial charge on any atom is 0.262 e. The molecule has 3 aromatic rings. The maximum atomic E-state index is 12.2. The van der Waals surface area contributed by atoms with Crippen LogP contribution in [0.3, 0.4) is 0 Å². The van der Waals surface area contributed by atoms with Crippen molar-refractivity contribution in [1.82, 2.24) is 0 Å². The third-order valence-electron chi connectivity index (χ3n) is 4.15. The van der Waals surface area contributed by atoms with E-state index in [-0.39, 0.29) is 12.5 Å². The smallest absolute Gasteiger partial charge is 0.262 e. The summed E-state index contributed by atoms with van der Waals surface area (Å²) >= 11 is 7.02. The van der Waals surface area contributed by atoms with Gasteiger partial charge in [0.2, 0.25) is 0 Å². The zero-order chi connectivity index (χ0) is 20.8. The van der Waals surface area contributed by atoms with Gasteiger partial charge in [-0.05, 0) is 71.2 Å². The van der Waals surface area contributed by atoms with Gasteiger partial charge in [-0.15, -0.1) is 0 Å². The number of halogens is 2. The Hall–Kier alpha value is -2.44. The molecule has 1 amide bonds. The Labute approximate surface area is 187 Å². The first-order chi connectivity index (χ1) is 13.9. The zero-order valence-electron chi connectivity index (χ0n) is 16.1. The van der Waals surface area contributed by atoms with E-state index in [1.165, 1.54) is 0 Å². The van der Waals surface area contributed by atoms with Crippen LogP contribution >= 0.6 is 31.9 Å². The number of rotatable bonds is 6. The van der Waals surface area contributed by atoms with Crippen molar-refractivity contribution in [3.63, 3.8) is 0 Å². The summed E-state index contributed by atoms with van der Waals surface area (Å²) in [6, 6.07) is 19.2. The molecular weight excluding hydrogens is 496 g/mol. The monoisotopic (exact) mass is 514 g/mol. The number of amides is 1. The summed E-state index contributed by atoms with van der Waals surface area (Å²) in [6.45, 7) is 3.95. The van der Waals surface area contributed by atoms with Crippen molar-refractivity contribution in [2.24, 2.45) is 4.99 Å². The molecule has 0 aliphatic rings. The summed E-state index contributed by atoms with van der Waals surface area (Å²) in [5.41, 5.74) is 4.62. The summed E-state index contributed by atoms with van der Waals surface area (Å²) in [7, 11) is 0. The fourth-order valence-electron chi connectivity index (χ4n) is 2.68. The van der Waals surface area contributed by atoms with E-state index in [1.807, 2.05) is 68.4 Å². The number of para-hydroxylation sites is 1. The molecule has 0 unspecified atom stereocenters. The maximum absolute atomic E-state index is 12.2. The van der Waals surface area contributed by atoms with Crippen LogP contribution < -0.4 is 10.1 Å².